The van der Waals surface area contributed by atoms with Crippen LogP contribution in [0.2, 0.25) is 0 Å². The zero-order valence-corrected chi connectivity index (χ0v) is 10.2. The van der Waals surface area contributed by atoms with Gasteiger partial charge in [0.1, 0.15) is 11.6 Å². The van der Waals surface area contributed by atoms with E-state index in [1.54, 1.807) is 0 Å². The van der Waals surface area contributed by atoms with Gasteiger partial charge in [-0.2, -0.15) is 0 Å². The Morgan fingerprint density at radius 3 is 2.55 bits per heavy atom. The van der Waals surface area contributed by atoms with Gasteiger partial charge in [-0.25, -0.2) is 22.9 Å². The lowest BCUT2D eigenvalue weighted by molar-refractivity contribution is 0.0593. The summed E-state index contributed by atoms with van der Waals surface area (Å²) in [6, 6.07) is 1.03. The Balaban J connectivity index is 2.31. The summed E-state index contributed by atoms with van der Waals surface area (Å²) in [5, 5.41) is 2.40. The smallest absolute Gasteiger partial charge is 0.358 e. The van der Waals surface area contributed by atoms with Crippen molar-refractivity contribution in [1.82, 2.24) is 9.97 Å². The monoisotopic (exact) mass is 283 g/mol. The minimum atomic E-state index is -1.30. The summed E-state index contributed by atoms with van der Waals surface area (Å²) in [7, 11) is 1.17. The highest BCUT2D eigenvalue weighted by Crippen LogP contribution is 2.21. The highest BCUT2D eigenvalue weighted by atomic mass is 19.2. The second-order valence-corrected chi connectivity index (χ2v) is 3.65. The molecule has 0 unspecified atom stereocenters. The van der Waals surface area contributed by atoms with E-state index in [-0.39, 0.29) is 17.2 Å². The number of benzene rings is 1. The molecule has 2 aromatic rings. The third-order valence-corrected chi connectivity index (χ3v) is 2.30. The highest BCUT2D eigenvalue weighted by Gasteiger charge is 2.12. The van der Waals surface area contributed by atoms with Crippen molar-refractivity contribution in [2.45, 2.75) is 0 Å². The van der Waals surface area contributed by atoms with E-state index in [2.05, 4.69) is 20.0 Å². The SMILES string of the molecule is COC(=O)c1cncc(Nc2cc(F)c(F)cc2F)n1. The molecule has 104 valence electrons. The second-order valence-electron chi connectivity index (χ2n) is 3.65. The molecule has 8 heteroatoms. The van der Waals surface area contributed by atoms with Crippen molar-refractivity contribution < 1.29 is 22.7 Å². The molecule has 1 aromatic carbocycles. The lowest BCUT2D eigenvalue weighted by Gasteiger charge is -2.07. The molecule has 5 nitrogen and oxygen atoms in total. The molecule has 0 aliphatic heterocycles. The molecule has 1 N–H and O–H groups in total. The topological polar surface area (TPSA) is 64.1 Å². The molecule has 0 saturated carbocycles. The third kappa shape index (κ3) is 2.85. The molecule has 0 aliphatic rings. The van der Waals surface area contributed by atoms with Crippen LogP contribution in [0, 0.1) is 17.5 Å². The molecule has 0 saturated heterocycles. The van der Waals surface area contributed by atoms with Crippen molar-refractivity contribution in [3.63, 3.8) is 0 Å². The summed E-state index contributed by atoms with van der Waals surface area (Å²) in [6.07, 6.45) is 2.34. The first-order valence-corrected chi connectivity index (χ1v) is 5.33. The molecular formula is C12H8F3N3O2. The third-order valence-electron chi connectivity index (χ3n) is 2.30. The zero-order valence-electron chi connectivity index (χ0n) is 10.2. The largest absolute Gasteiger partial charge is 0.464 e. The van der Waals surface area contributed by atoms with Crippen LogP contribution in [0.15, 0.2) is 24.5 Å². The van der Waals surface area contributed by atoms with E-state index in [9.17, 15) is 18.0 Å². The molecule has 2 rings (SSSR count). The van der Waals surface area contributed by atoms with Crippen LogP contribution in [0.1, 0.15) is 10.5 Å². The molecule has 0 spiro atoms. The number of ether oxygens (including phenoxy) is 1. The van der Waals surface area contributed by atoms with E-state index in [4.69, 9.17) is 0 Å². The number of esters is 1. The van der Waals surface area contributed by atoms with Crippen LogP contribution >= 0.6 is 0 Å². The predicted molar refractivity (Wildman–Crippen MR) is 63.0 cm³/mol. The molecule has 0 amide bonds. The van der Waals surface area contributed by atoms with E-state index < -0.39 is 23.4 Å². The van der Waals surface area contributed by atoms with Gasteiger partial charge in [0, 0.05) is 12.1 Å². The van der Waals surface area contributed by atoms with Crippen LogP contribution in [-0.2, 0) is 4.74 Å². The van der Waals surface area contributed by atoms with Gasteiger partial charge in [0.15, 0.2) is 17.3 Å². The summed E-state index contributed by atoms with van der Waals surface area (Å²) in [4.78, 5) is 18.8. The zero-order chi connectivity index (χ0) is 14.7. The predicted octanol–water partition coefficient (Wildman–Crippen LogP) is 2.42. The molecule has 0 radical (unpaired) electrons. The van der Waals surface area contributed by atoms with Crippen LogP contribution < -0.4 is 5.32 Å². The average Bonchev–Trinajstić information content (AvgIpc) is 2.44. The second kappa shape index (κ2) is 5.55. The molecule has 1 aromatic heterocycles. The minimum Gasteiger partial charge on any atom is -0.464 e. The number of nitrogens with one attached hydrogen (secondary N) is 1. The Labute approximate surface area is 111 Å². The maximum Gasteiger partial charge on any atom is 0.358 e. The van der Waals surface area contributed by atoms with Gasteiger partial charge in [-0.3, -0.25) is 4.98 Å². The van der Waals surface area contributed by atoms with Crippen LogP contribution in [-0.4, -0.2) is 23.0 Å². The number of anilines is 2. The van der Waals surface area contributed by atoms with Gasteiger partial charge in [0.25, 0.3) is 0 Å². The number of hydrogen-bond donors (Lipinski definition) is 1. The van der Waals surface area contributed by atoms with Gasteiger partial charge in [0.2, 0.25) is 0 Å². The number of halogens is 3. The van der Waals surface area contributed by atoms with Crippen molar-refractivity contribution in [2.24, 2.45) is 0 Å². The lowest BCUT2D eigenvalue weighted by Crippen LogP contribution is -2.07. The van der Waals surface area contributed by atoms with E-state index >= 15 is 0 Å². The van der Waals surface area contributed by atoms with Gasteiger partial charge < -0.3 is 10.1 Å². The van der Waals surface area contributed by atoms with Crippen molar-refractivity contribution >= 4 is 17.5 Å². The molecule has 0 atom stereocenters. The first-order valence-electron chi connectivity index (χ1n) is 5.33. The normalized spacial score (nSPS) is 10.2. The van der Waals surface area contributed by atoms with Crippen molar-refractivity contribution in [2.75, 3.05) is 12.4 Å². The first-order chi connectivity index (χ1) is 9.51. The number of rotatable bonds is 3. The van der Waals surface area contributed by atoms with Gasteiger partial charge in [0.05, 0.1) is 25.2 Å². The van der Waals surface area contributed by atoms with Crippen molar-refractivity contribution in [3.05, 3.63) is 47.7 Å². The number of carbonyl (C=O) groups excluding carboxylic acids is 1. The molecule has 0 bridgehead atoms. The van der Waals surface area contributed by atoms with E-state index in [0.717, 1.165) is 6.20 Å². The van der Waals surface area contributed by atoms with Crippen molar-refractivity contribution in [1.29, 1.82) is 0 Å². The molecule has 1 heterocycles. The number of hydrogen-bond acceptors (Lipinski definition) is 5. The fraction of sp³-hybridized carbons (Fsp3) is 0.0833. The van der Waals surface area contributed by atoms with Crippen LogP contribution in [0.4, 0.5) is 24.7 Å². The summed E-state index contributed by atoms with van der Waals surface area (Å²) in [6.45, 7) is 0. The van der Waals surface area contributed by atoms with E-state index in [0.29, 0.717) is 12.1 Å². The maximum atomic E-state index is 13.4. The number of carbonyl (C=O) groups is 1. The fourth-order valence-corrected chi connectivity index (χ4v) is 1.39. The number of aromatic nitrogens is 2. The van der Waals surface area contributed by atoms with Gasteiger partial charge in [-0.15, -0.1) is 0 Å². The van der Waals surface area contributed by atoms with Crippen LogP contribution in [0.3, 0.4) is 0 Å². The lowest BCUT2D eigenvalue weighted by atomic mass is 10.3. The van der Waals surface area contributed by atoms with E-state index in [1.807, 2.05) is 0 Å². The molecular weight excluding hydrogens is 275 g/mol. The maximum absolute atomic E-state index is 13.4. The Bertz CT molecular complexity index is 664. The fourth-order valence-electron chi connectivity index (χ4n) is 1.39. The molecule has 0 aliphatic carbocycles. The van der Waals surface area contributed by atoms with Gasteiger partial charge >= 0.3 is 5.97 Å². The standard InChI is InChI=1S/C12H8F3N3O2/c1-20-12(19)10-4-16-5-11(18-10)17-9-3-7(14)6(13)2-8(9)15/h2-5H,1H3,(H,17,18). The summed E-state index contributed by atoms with van der Waals surface area (Å²) in [5.41, 5.74) is -0.444. The van der Waals surface area contributed by atoms with Gasteiger partial charge in [-0.1, -0.05) is 0 Å². The van der Waals surface area contributed by atoms with Crippen LogP contribution in [0.5, 0.6) is 0 Å². The van der Waals surface area contributed by atoms with Crippen LogP contribution in [0.25, 0.3) is 0 Å². The summed E-state index contributed by atoms with van der Waals surface area (Å²) < 4.78 is 43.7. The Hall–Kier alpha value is -2.64. The minimum absolute atomic E-state index is 0.0159. The Morgan fingerprint density at radius 2 is 1.85 bits per heavy atom. The summed E-state index contributed by atoms with van der Waals surface area (Å²) >= 11 is 0. The number of nitrogens with zero attached hydrogens (tertiary/aromatic N) is 2. The number of methoxy groups -OCH3 is 1. The highest BCUT2D eigenvalue weighted by molar-refractivity contribution is 5.87. The Kier molecular flexibility index (Phi) is 3.83. The first kappa shape index (κ1) is 13.8. The van der Waals surface area contributed by atoms with Gasteiger partial charge in [-0.05, 0) is 0 Å². The summed E-state index contributed by atoms with van der Waals surface area (Å²) in [5.74, 6) is -4.27. The molecule has 20 heavy (non-hydrogen) atoms. The average molecular weight is 283 g/mol. The Morgan fingerprint density at radius 1 is 1.15 bits per heavy atom. The van der Waals surface area contributed by atoms with Crippen molar-refractivity contribution in [3.8, 4) is 0 Å². The quantitative estimate of drug-likeness (QED) is 0.692. The van der Waals surface area contributed by atoms with E-state index in [1.165, 1.54) is 13.3 Å². The molecule has 0 fully saturated rings.